The predicted molar refractivity (Wildman–Crippen MR) is 52.8 cm³/mol. The Hall–Kier alpha value is -0.463. The molecule has 12 heavy (non-hydrogen) atoms. The maximum absolute atomic E-state index is 5.07. The van der Waals surface area contributed by atoms with Crippen molar-refractivity contribution in [2.45, 2.75) is 45.8 Å². The molecule has 0 aromatic rings. The van der Waals surface area contributed by atoms with E-state index in [4.69, 9.17) is 9.46 Å². The first-order valence-corrected chi connectivity index (χ1v) is 7.79. The van der Waals surface area contributed by atoms with E-state index in [0.717, 1.165) is 12.8 Å². The van der Waals surface area contributed by atoms with Gasteiger partial charge in [-0.05, 0) is 26.1 Å². The average Bonchev–Trinajstić information content (AvgIpc) is 1.94. The summed E-state index contributed by atoms with van der Waals surface area (Å²) >= 11 is 0. The second-order valence-electron chi connectivity index (χ2n) is 3.66. The van der Waals surface area contributed by atoms with Crippen molar-refractivity contribution >= 4 is 8.32 Å². The highest BCUT2D eigenvalue weighted by molar-refractivity contribution is 6.69. The molecule has 0 saturated carbocycles. The Bertz CT molecular complexity index is 162. The number of unbranched alkanes of at least 4 members (excludes halogenated alkanes) is 2. The Balaban J connectivity index is 3.33. The van der Waals surface area contributed by atoms with E-state index in [1.165, 1.54) is 6.42 Å². The molecule has 0 spiro atoms. The lowest BCUT2D eigenvalue weighted by molar-refractivity contribution is -0.145. The van der Waals surface area contributed by atoms with Gasteiger partial charge in [0.2, 0.25) is 8.32 Å². The van der Waals surface area contributed by atoms with Crippen LogP contribution in [0.5, 0.6) is 0 Å². The van der Waals surface area contributed by atoms with Crippen LogP contribution in [-0.2, 0) is 9.46 Å². The van der Waals surface area contributed by atoms with Crippen molar-refractivity contribution in [3.05, 3.63) is 0 Å². The van der Waals surface area contributed by atoms with Gasteiger partial charge in [-0.2, -0.15) is 0 Å². The van der Waals surface area contributed by atoms with Crippen molar-refractivity contribution in [1.29, 1.82) is 0 Å². The van der Waals surface area contributed by atoms with E-state index < -0.39 is 8.32 Å². The minimum absolute atomic E-state index is 0.894. The molecule has 2 nitrogen and oxygen atoms in total. The summed E-state index contributed by atoms with van der Waals surface area (Å²) in [7, 11) is -1.55. The van der Waals surface area contributed by atoms with Gasteiger partial charge in [-0.25, -0.2) is 4.58 Å². The maximum Gasteiger partial charge on any atom is 0.247 e. The smallest absolute Gasteiger partial charge is 0.247 e. The number of hydrogen-bond acceptors (Lipinski definition) is 2. The quantitative estimate of drug-likeness (QED) is 0.221. The average molecular weight is 186 g/mol. The number of hydrogen-bond donors (Lipinski definition) is 0. The van der Waals surface area contributed by atoms with Gasteiger partial charge in [0.15, 0.2) is 6.11 Å². The summed E-state index contributed by atoms with van der Waals surface area (Å²) < 4.78 is 5.07. The highest BCUT2D eigenvalue weighted by Gasteiger charge is 2.16. The Kier molecular flexibility index (Phi) is 5.86. The monoisotopic (exact) mass is 186 g/mol. The van der Waals surface area contributed by atoms with Gasteiger partial charge >= 0.3 is 0 Å². The molecule has 0 N–H and O–H groups in total. The van der Waals surface area contributed by atoms with Crippen molar-refractivity contribution in [3.63, 3.8) is 0 Å². The zero-order chi connectivity index (χ0) is 9.45. The summed E-state index contributed by atoms with van der Waals surface area (Å²) in [6.45, 7) is 8.31. The lowest BCUT2D eigenvalue weighted by Gasteiger charge is -2.10. The summed E-state index contributed by atoms with van der Waals surface area (Å²) in [5.41, 5.74) is 0. The van der Waals surface area contributed by atoms with Crippen molar-refractivity contribution in [1.82, 2.24) is 0 Å². The molecule has 0 amide bonds. The molecule has 0 aromatic carbocycles. The lowest BCUT2D eigenvalue weighted by Crippen LogP contribution is -2.24. The van der Waals surface area contributed by atoms with E-state index in [9.17, 15) is 0 Å². The van der Waals surface area contributed by atoms with E-state index in [-0.39, 0.29) is 0 Å². The van der Waals surface area contributed by atoms with Gasteiger partial charge in [0.1, 0.15) is 0 Å². The molecule has 0 aliphatic carbocycles. The Morgan fingerprint density at radius 2 is 1.92 bits per heavy atom. The minimum atomic E-state index is -1.55. The topological polar surface area (TPSA) is 18.5 Å². The molecule has 0 radical (unpaired) electrons. The second-order valence-corrected chi connectivity index (χ2v) is 8.05. The van der Waals surface area contributed by atoms with Crippen molar-refractivity contribution < 1.29 is 9.46 Å². The van der Waals surface area contributed by atoms with E-state index in [2.05, 4.69) is 38.6 Å². The van der Waals surface area contributed by atoms with Crippen molar-refractivity contribution in [2.24, 2.45) is 0 Å². The molecule has 0 atom stereocenters. The first-order chi connectivity index (χ1) is 5.56. The van der Waals surface area contributed by atoms with E-state index in [1.807, 2.05) is 0 Å². The van der Waals surface area contributed by atoms with Gasteiger partial charge in [0, 0.05) is 6.42 Å². The molecule has 0 aromatic heterocycles. The van der Waals surface area contributed by atoms with Crippen LogP contribution in [0.15, 0.2) is 0 Å². The third-order valence-electron chi connectivity index (χ3n) is 1.06. The molecule has 0 bridgehead atoms. The van der Waals surface area contributed by atoms with Gasteiger partial charge in [-0.15, -0.1) is 0 Å². The fraction of sp³-hybridized carbons (Fsp3) is 0.778. The van der Waals surface area contributed by atoms with Crippen LogP contribution in [0, 0.1) is 12.0 Å². The SMILES string of the molecule is CCCCC#COO[Si](C)(C)C. The van der Waals surface area contributed by atoms with Crippen LogP contribution in [0.3, 0.4) is 0 Å². The normalized spacial score (nSPS) is 10.3. The number of rotatable bonds is 4. The molecule has 0 rings (SSSR count). The fourth-order valence-electron chi connectivity index (χ4n) is 0.491. The molecule has 70 valence electrons. The van der Waals surface area contributed by atoms with Crippen LogP contribution in [0.1, 0.15) is 26.2 Å². The molecule has 0 aliphatic heterocycles. The summed E-state index contributed by atoms with van der Waals surface area (Å²) in [6.07, 6.45) is 5.73. The van der Waals surface area contributed by atoms with Crippen LogP contribution in [0.25, 0.3) is 0 Å². The largest absolute Gasteiger partial charge is 0.294 e. The van der Waals surface area contributed by atoms with Crippen molar-refractivity contribution in [3.8, 4) is 12.0 Å². The van der Waals surface area contributed by atoms with Crippen molar-refractivity contribution in [2.75, 3.05) is 0 Å². The molecule has 0 heterocycles. The zero-order valence-electron chi connectivity index (χ0n) is 8.44. The van der Waals surface area contributed by atoms with E-state index in [1.54, 1.807) is 0 Å². The fourth-order valence-corrected chi connectivity index (χ4v) is 0.783. The van der Waals surface area contributed by atoms with Gasteiger partial charge < -0.3 is 0 Å². The van der Waals surface area contributed by atoms with E-state index in [0.29, 0.717) is 0 Å². The molecule has 0 aliphatic rings. The van der Waals surface area contributed by atoms with Gasteiger partial charge in [-0.3, -0.25) is 4.89 Å². The first kappa shape index (κ1) is 11.5. The van der Waals surface area contributed by atoms with Crippen LogP contribution in [-0.4, -0.2) is 8.32 Å². The summed E-state index contributed by atoms with van der Waals surface area (Å²) in [5.74, 6) is 2.88. The summed E-state index contributed by atoms with van der Waals surface area (Å²) in [4.78, 5) is 4.75. The molecule has 0 unspecified atom stereocenters. The third-order valence-corrected chi connectivity index (χ3v) is 1.64. The summed E-state index contributed by atoms with van der Waals surface area (Å²) in [6, 6.07) is 0. The lowest BCUT2D eigenvalue weighted by atomic mass is 10.3. The van der Waals surface area contributed by atoms with Crippen LogP contribution in [0.2, 0.25) is 19.6 Å². The Morgan fingerprint density at radius 1 is 1.25 bits per heavy atom. The van der Waals surface area contributed by atoms with Crippen LogP contribution in [0.4, 0.5) is 0 Å². The zero-order valence-corrected chi connectivity index (χ0v) is 9.44. The van der Waals surface area contributed by atoms with Gasteiger partial charge in [0.25, 0.3) is 0 Å². The second kappa shape index (κ2) is 6.10. The minimum Gasteiger partial charge on any atom is -0.294 e. The molecular formula is C9H18O2Si. The van der Waals surface area contributed by atoms with E-state index >= 15 is 0 Å². The standard InChI is InChI=1S/C9H18O2Si/c1-5-6-7-8-9-10-11-12(2,3)4/h5-7H2,1-4H3. The Morgan fingerprint density at radius 3 is 2.42 bits per heavy atom. The first-order valence-electron chi connectivity index (χ1n) is 4.39. The summed E-state index contributed by atoms with van der Waals surface area (Å²) in [5, 5.41) is 0. The predicted octanol–water partition coefficient (Wildman–Crippen LogP) is 2.92. The molecule has 0 fully saturated rings. The molecule has 3 heteroatoms. The van der Waals surface area contributed by atoms with Crippen LogP contribution >= 0.6 is 0 Å². The molecular weight excluding hydrogens is 168 g/mol. The maximum atomic E-state index is 5.07. The van der Waals surface area contributed by atoms with Gasteiger partial charge in [-0.1, -0.05) is 19.3 Å². The Labute approximate surface area is 76.3 Å². The third kappa shape index (κ3) is 9.54. The van der Waals surface area contributed by atoms with Crippen LogP contribution < -0.4 is 0 Å². The highest BCUT2D eigenvalue weighted by atomic mass is 28.4. The highest BCUT2D eigenvalue weighted by Crippen LogP contribution is 2.01. The van der Waals surface area contributed by atoms with Gasteiger partial charge in [0.05, 0.1) is 0 Å². The molecule has 0 saturated heterocycles.